The Morgan fingerprint density at radius 1 is 1.38 bits per heavy atom. The molecule has 2 saturated heterocycles. The highest BCUT2D eigenvalue weighted by molar-refractivity contribution is 5.80. The van der Waals surface area contributed by atoms with E-state index in [0.717, 1.165) is 32.0 Å². The van der Waals surface area contributed by atoms with Crippen molar-refractivity contribution < 1.29 is 4.79 Å². The standard InChI is InChI=1S/C13H24N2O/c1-3-5-13(16)10-15-9-12-6-4-7-14(12)8-11(15)2/h11-12H,3-10H2,1-2H3. The zero-order valence-corrected chi connectivity index (χ0v) is 10.6. The van der Waals surface area contributed by atoms with E-state index in [1.165, 1.54) is 19.4 Å². The zero-order valence-electron chi connectivity index (χ0n) is 10.6. The van der Waals surface area contributed by atoms with E-state index in [4.69, 9.17) is 0 Å². The highest BCUT2D eigenvalue weighted by Crippen LogP contribution is 2.24. The van der Waals surface area contributed by atoms with Crippen LogP contribution in [-0.2, 0) is 4.79 Å². The Hall–Kier alpha value is -0.410. The average Bonchev–Trinajstić information content (AvgIpc) is 2.65. The van der Waals surface area contributed by atoms with Crippen LogP contribution in [0.1, 0.15) is 39.5 Å². The molecule has 2 heterocycles. The maximum Gasteiger partial charge on any atom is 0.146 e. The van der Waals surface area contributed by atoms with Crippen LogP contribution in [0, 0.1) is 0 Å². The Labute approximate surface area is 98.8 Å². The first-order valence-electron chi connectivity index (χ1n) is 6.70. The van der Waals surface area contributed by atoms with Crippen LogP contribution in [0.25, 0.3) is 0 Å². The van der Waals surface area contributed by atoms with Crippen molar-refractivity contribution in [2.24, 2.45) is 0 Å². The number of piperazine rings is 1. The maximum absolute atomic E-state index is 11.7. The van der Waals surface area contributed by atoms with Gasteiger partial charge in [0.15, 0.2) is 0 Å². The van der Waals surface area contributed by atoms with Gasteiger partial charge in [-0.25, -0.2) is 0 Å². The van der Waals surface area contributed by atoms with Crippen LogP contribution in [0.15, 0.2) is 0 Å². The maximum atomic E-state index is 11.7. The van der Waals surface area contributed by atoms with Crippen LogP contribution in [0.5, 0.6) is 0 Å². The monoisotopic (exact) mass is 224 g/mol. The van der Waals surface area contributed by atoms with E-state index in [0.29, 0.717) is 18.4 Å². The summed E-state index contributed by atoms with van der Waals surface area (Å²) in [5.41, 5.74) is 0. The second-order valence-electron chi connectivity index (χ2n) is 5.36. The Kier molecular flexibility index (Phi) is 3.98. The highest BCUT2D eigenvalue weighted by atomic mass is 16.1. The first-order valence-corrected chi connectivity index (χ1v) is 6.70. The fraction of sp³-hybridized carbons (Fsp3) is 0.923. The summed E-state index contributed by atoms with van der Waals surface area (Å²) in [5, 5.41) is 0. The summed E-state index contributed by atoms with van der Waals surface area (Å²) in [7, 11) is 0. The Morgan fingerprint density at radius 2 is 2.19 bits per heavy atom. The molecule has 0 saturated carbocycles. The van der Waals surface area contributed by atoms with Crippen LogP contribution in [0.4, 0.5) is 0 Å². The number of Topliss-reactive ketones (excluding diaryl/α,β-unsaturated/α-hetero) is 1. The van der Waals surface area contributed by atoms with Crippen molar-refractivity contribution in [3.63, 3.8) is 0 Å². The fourth-order valence-corrected chi connectivity index (χ4v) is 3.05. The molecule has 2 fully saturated rings. The summed E-state index contributed by atoms with van der Waals surface area (Å²) in [6, 6.07) is 1.28. The number of hydrogen-bond acceptors (Lipinski definition) is 3. The predicted molar refractivity (Wildman–Crippen MR) is 65.5 cm³/mol. The molecule has 92 valence electrons. The Morgan fingerprint density at radius 3 is 2.94 bits per heavy atom. The number of carbonyl (C=O) groups is 1. The molecule has 0 aromatic heterocycles. The molecule has 2 aliphatic heterocycles. The zero-order chi connectivity index (χ0) is 11.5. The quantitative estimate of drug-likeness (QED) is 0.723. The first-order chi connectivity index (χ1) is 7.70. The molecular weight excluding hydrogens is 200 g/mol. The van der Waals surface area contributed by atoms with Gasteiger partial charge in [0, 0.05) is 31.6 Å². The van der Waals surface area contributed by atoms with Gasteiger partial charge >= 0.3 is 0 Å². The summed E-state index contributed by atoms with van der Waals surface area (Å²) in [6.07, 6.45) is 4.40. The summed E-state index contributed by atoms with van der Waals surface area (Å²) in [5.74, 6) is 0.417. The van der Waals surface area contributed by atoms with E-state index in [1.54, 1.807) is 0 Å². The van der Waals surface area contributed by atoms with Crippen molar-refractivity contribution in [2.45, 2.75) is 51.6 Å². The van der Waals surface area contributed by atoms with Gasteiger partial charge in [0.2, 0.25) is 0 Å². The minimum absolute atomic E-state index is 0.417. The van der Waals surface area contributed by atoms with Crippen LogP contribution < -0.4 is 0 Å². The van der Waals surface area contributed by atoms with Gasteiger partial charge in [-0.05, 0) is 32.7 Å². The van der Waals surface area contributed by atoms with Crippen LogP contribution >= 0.6 is 0 Å². The van der Waals surface area contributed by atoms with Gasteiger partial charge in [0.05, 0.1) is 6.54 Å². The molecule has 0 radical (unpaired) electrons. The third-order valence-corrected chi connectivity index (χ3v) is 3.97. The molecule has 0 N–H and O–H groups in total. The summed E-state index contributed by atoms with van der Waals surface area (Å²) in [4.78, 5) is 16.7. The number of nitrogens with zero attached hydrogens (tertiary/aromatic N) is 2. The highest BCUT2D eigenvalue weighted by Gasteiger charge is 2.34. The third kappa shape index (κ3) is 2.64. The molecule has 0 amide bonds. The van der Waals surface area contributed by atoms with Crippen LogP contribution in [0.3, 0.4) is 0 Å². The molecule has 0 bridgehead atoms. The van der Waals surface area contributed by atoms with Crippen molar-refractivity contribution in [3.05, 3.63) is 0 Å². The summed E-state index contributed by atoms with van der Waals surface area (Å²) < 4.78 is 0. The lowest BCUT2D eigenvalue weighted by Crippen LogP contribution is -2.55. The lowest BCUT2D eigenvalue weighted by molar-refractivity contribution is -0.121. The normalized spacial score (nSPS) is 31.6. The number of carbonyl (C=O) groups excluding carboxylic acids is 1. The Balaban J connectivity index is 1.87. The first kappa shape index (κ1) is 12.1. The minimum Gasteiger partial charge on any atom is -0.298 e. The van der Waals surface area contributed by atoms with E-state index in [-0.39, 0.29) is 0 Å². The second kappa shape index (κ2) is 5.28. The van der Waals surface area contributed by atoms with E-state index in [2.05, 4.69) is 23.6 Å². The minimum atomic E-state index is 0.417. The number of fused-ring (bicyclic) bond motifs is 1. The molecule has 16 heavy (non-hydrogen) atoms. The van der Waals surface area contributed by atoms with Gasteiger partial charge in [-0.1, -0.05) is 6.92 Å². The molecule has 3 nitrogen and oxygen atoms in total. The van der Waals surface area contributed by atoms with Crippen molar-refractivity contribution in [2.75, 3.05) is 26.2 Å². The second-order valence-corrected chi connectivity index (χ2v) is 5.36. The number of hydrogen-bond donors (Lipinski definition) is 0. The largest absolute Gasteiger partial charge is 0.298 e. The van der Waals surface area contributed by atoms with E-state index >= 15 is 0 Å². The lowest BCUT2D eigenvalue weighted by atomic mass is 10.1. The fourth-order valence-electron chi connectivity index (χ4n) is 3.05. The summed E-state index contributed by atoms with van der Waals surface area (Å²) >= 11 is 0. The molecule has 0 aliphatic carbocycles. The van der Waals surface area contributed by atoms with Gasteiger partial charge in [0.25, 0.3) is 0 Å². The van der Waals surface area contributed by atoms with Gasteiger partial charge in [-0.3, -0.25) is 14.6 Å². The molecule has 0 aromatic carbocycles. The molecular formula is C13H24N2O. The molecule has 0 spiro atoms. The molecule has 2 aliphatic rings. The molecule has 0 aromatic rings. The average molecular weight is 224 g/mol. The van der Waals surface area contributed by atoms with Crippen molar-refractivity contribution in [1.82, 2.24) is 9.80 Å². The van der Waals surface area contributed by atoms with Crippen molar-refractivity contribution in [3.8, 4) is 0 Å². The van der Waals surface area contributed by atoms with Crippen molar-refractivity contribution in [1.29, 1.82) is 0 Å². The van der Waals surface area contributed by atoms with Gasteiger partial charge in [0.1, 0.15) is 5.78 Å². The topological polar surface area (TPSA) is 23.6 Å². The van der Waals surface area contributed by atoms with E-state index in [9.17, 15) is 4.79 Å². The Bertz CT molecular complexity index is 254. The van der Waals surface area contributed by atoms with E-state index < -0.39 is 0 Å². The molecule has 3 heteroatoms. The van der Waals surface area contributed by atoms with Gasteiger partial charge in [-0.2, -0.15) is 0 Å². The number of rotatable bonds is 4. The van der Waals surface area contributed by atoms with Crippen LogP contribution in [0.2, 0.25) is 0 Å². The summed E-state index contributed by atoms with van der Waals surface area (Å²) in [6.45, 7) is 8.55. The smallest absolute Gasteiger partial charge is 0.146 e. The predicted octanol–water partition coefficient (Wildman–Crippen LogP) is 1.52. The lowest BCUT2D eigenvalue weighted by Gasteiger charge is -2.42. The SMILES string of the molecule is CCCC(=O)CN1CC2CCCN2CC1C. The van der Waals surface area contributed by atoms with Crippen molar-refractivity contribution >= 4 is 5.78 Å². The molecule has 2 unspecified atom stereocenters. The van der Waals surface area contributed by atoms with Crippen LogP contribution in [-0.4, -0.2) is 53.8 Å². The number of ketones is 1. The molecule has 2 atom stereocenters. The molecule has 2 rings (SSSR count). The third-order valence-electron chi connectivity index (χ3n) is 3.97. The van der Waals surface area contributed by atoms with Gasteiger partial charge in [-0.15, -0.1) is 0 Å². The van der Waals surface area contributed by atoms with Gasteiger partial charge < -0.3 is 0 Å². The van der Waals surface area contributed by atoms with E-state index in [1.807, 2.05) is 0 Å².